The smallest absolute Gasteiger partial charge is 0.387 e. The fraction of sp³-hybridized carbons (Fsp3) is 0.364. The lowest BCUT2D eigenvalue weighted by Gasteiger charge is -2.36. The van der Waals surface area contributed by atoms with Gasteiger partial charge in [0.1, 0.15) is 11.6 Å². The molecule has 0 saturated carbocycles. The van der Waals surface area contributed by atoms with Crippen molar-refractivity contribution in [3.05, 3.63) is 48.8 Å². The van der Waals surface area contributed by atoms with E-state index < -0.39 is 6.61 Å². The molecular formula is C22H24F2N6O. The minimum absolute atomic E-state index is 0.105. The second kappa shape index (κ2) is 8.79. The Morgan fingerprint density at radius 1 is 1.03 bits per heavy atom. The lowest BCUT2D eigenvalue weighted by Crippen LogP contribution is -2.38. The maximum atomic E-state index is 12.3. The number of aromatic nitrogens is 4. The summed E-state index contributed by atoms with van der Waals surface area (Å²) in [7, 11) is 0. The molecule has 0 aliphatic carbocycles. The highest BCUT2D eigenvalue weighted by atomic mass is 19.3. The molecule has 0 spiro atoms. The summed E-state index contributed by atoms with van der Waals surface area (Å²) in [4.78, 5) is 11.2. The number of halogens is 2. The molecular weight excluding hydrogens is 402 g/mol. The zero-order valence-electron chi connectivity index (χ0n) is 17.4. The van der Waals surface area contributed by atoms with Gasteiger partial charge in [-0.05, 0) is 48.1 Å². The van der Waals surface area contributed by atoms with Crippen LogP contribution in [-0.2, 0) is 0 Å². The third-order valence-electron chi connectivity index (χ3n) is 5.37. The fourth-order valence-corrected chi connectivity index (χ4v) is 3.43. The quantitative estimate of drug-likeness (QED) is 0.600. The number of rotatable bonds is 6. The second-order valence-corrected chi connectivity index (χ2v) is 8.25. The Bertz CT molecular complexity index is 1020. The first-order valence-corrected chi connectivity index (χ1v) is 10.1. The Morgan fingerprint density at radius 2 is 1.77 bits per heavy atom. The summed E-state index contributed by atoms with van der Waals surface area (Å²) >= 11 is 0. The van der Waals surface area contributed by atoms with Crippen molar-refractivity contribution < 1.29 is 13.5 Å². The van der Waals surface area contributed by atoms with Crippen LogP contribution in [-0.4, -0.2) is 39.9 Å². The number of hydrogen-bond acceptors (Lipinski definition) is 7. The van der Waals surface area contributed by atoms with E-state index in [-0.39, 0.29) is 5.75 Å². The molecule has 9 heteroatoms. The summed E-state index contributed by atoms with van der Waals surface area (Å²) in [5, 5.41) is 11.3. The standard InChI is InChI=1S/C22H24F2N6O/c1-22(2)8-11-30(12-9-22)21-25-10-7-18(28-21)27-19-13-16(14-26-29-19)15-3-5-17(6-4-15)31-20(23)24/h3-7,10,13-14,20H,8-9,11-12H2,1-2H3,(H,25,27,28,29). The molecule has 4 rings (SSSR count). The normalized spacial score (nSPS) is 15.7. The summed E-state index contributed by atoms with van der Waals surface area (Å²) in [5.41, 5.74) is 1.94. The number of piperidine rings is 1. The van der Waals surface area contributed by atoms with Crippen LogP contribution in [0.5, 0.6) is 5.75 Å². The van der Waals surface area contributed by atoms with Gasteiger partial charge < -0.3 is 15.0 Å². The van der Waals surface area contributed by atoms with E-state index in [9.17, 15) is 8.78 Å². The number of ether oxygens (including phenoxy) is 1. The fourth-order valence-electron chi connectivity index (χ4n) is 3.43. The van der Waals surface area contributed by atoms with E-state index in [1.807, 2.05) is 6.07 Å². The number of anilines is 3. The van der Waals surface area contributed by atoms with Gasteiger partial charge in [0.2, 0.25) is 5.95 Å². The van der Waals surface area contributed by atoms with Crippen LogP contribution in [0.2, 0.25) is 0 Å². The summed E-state index contributed by atoms with van der Waals surface area (Å²) in [5.74, 6) is 1.95. The van der Waals surface area contributed by atoms with Gasteiger partial charge in [0, 0.05) is 24.8 Å². The van der Waals surface area contributed by atoms with Crippen LogP contribution in [0.3, 0.4) is 0 Å². The topological polar surface area (TPSA) is 76.1 Å². The Kier molecular flexibility index (Phi) is 5.92. The van der Waals surface area contributed by atoms with E-state index in [2.05, 4.69) is 49.0 Å². The van der Waals surface area contributed by atoms with Crippen molar-refractivity contribution in [3.8, 4) is 16.9 Å². The minimum Gasteiger partial charge on any atom is -0.435 e. The third-order valence-corrected chi connectivity index (χ3v) is 5.37. The minimum atomic E-state index is -2.85. The first-order valence-electron chi connectivity index (χ1n) is 10.1. The molecule has 0 bridgehead atoms. The molecule has 0 amide bonds. The molecule has 1 aliphatic rings. The lowest BCUT2D eigenvalue weighted by atomic mass is 9.83. The second-order valence-electron chi connectivity index (χ2n) is 8.25. The number of nitrogens with one attached hydrogen (secondary N) is 1. The molecule has 0 atom stereocenters. The van der Waals surface area contributed by atoms with Crippen molar-refractivity contribution in [1.82, 2.24) is 20.2 Å². The van der Waals surface area contributed by atoms with Gasteiger partial charge in [0.25, 0.3) is 0 Å². The van der Waals surface area contributed by atoms with Gasteiger partial charge in [-0.2, -0.15) is 18.9 Å². The summed E-state index contributed by atoms with van der Waals surface area (Å²) in [6, 6.07) is 9.97. The van der Waals surface area contributed by atoms with Gasteiger partial charge in [-0.1, -0.05) is 26.0 Å². The maximum absolute atomic E-state index is 12.3. The Labute approximate surface area is 179 Å². The Balaban J connectivity index is 1.47. The molecule has 1 fully saturated rings. The molecule has 3 heterocycles. The first-order chi connectivity index (χ1) is 14.9. The lowest BCUT2D eigenvalue weighted by molar-refractivity contribution is -0.0498. The highest BCUT2D eigenvalue weighted by Crippen LogP contribution is 2.31. The zero-order valence-corrected chi connectivity index (χ0v) is 17.4. The van der Waals surface area contributed by atoms with Crippen LogP contribution < -0.4 is 15.0 Å². The maximum Gasteiger partial charge on any atom is 0.387 e. The number of alkyl halides is 2. The van der Waals surface area contributed by atoms with Crippen LogP contribution >= 0.6 is 0 Å². The van der Waals surface area contributed by atoms with Crippen molar-refractivity contribution in [2.45, 2.75) is 33.3 Å². The van der Waals surface area contributed by atoms with Crippen molar-refractivity contribution >= 4 is 17.6 Å². The largest absolute Gasteiger partial charge is 0.435 e. The SMILES string of the molecule is CC1(C)CCN(c2nccc(Nc3cc(-c4ccc(OC(F)F)cc4)cnn3)n2)CC1. The summed E-state index contributed by atoms with van der Waals surface area (Å²) in [6.45, 7) is 3.58. The highest BCUT2D eigenvalue weighted by molar-refractivity contribution is 5.67. The van der Waals surface area contributed by atoms with Crippen molar-refractivity contribution in [1.29, 1.82) is 0 Å². The van der Waals surface area contributed by atoms with E-state index in [1.165, 1.54) is 12.1 Å². The molecule has 1 aliphatic heterocycles. The van der Waals surface area contributed by atoms with Gasteiger partial charge in [-0.15, -0.1) is 5.10 Å². The molecule has 7 nitrogen and oxygen atoms in total. The van der Waals surface area contributed by atoms with Crippen molar-refractivity contribution in [2.24, 2.45) is 5.41 Å². The van der Waals surface area contributed by atoms with Crippen LogP contribution in [0, 0.1) is 5.41 Å². The van der Waals surface area contributed by atoms with E-state index in [0.717, 1.165) is 37.1 Å². The zero-order chi connectivity index (χ0) is 21.8. The van der Waals surface area contributed by atoms with E-state index in [4.69, 9.17) is 0 Å². The first kappa shape index (κ1) is 20.9. The van der Waals surface area contributed by atoms with Gasteiger partial charge in [-0.3, -0.25) is 0 Å². The van der Waals surface area contributed by atoms with E-state index in [1.54, 1.807) is 30.6 Å². The number of benzene rings is 1. The number of nitrogens with zero attached hydrogens (tertiary/aromatic N) is 5. The highest BCUT2D eigenvalue weighted by Gasteiger charge is 2.26. The van der Waals surface area contributed by atoms with Crippen molar-refractivity contribution in [3.63, 3.8) is 0 Å². The van der Waals surface area contributed by atoms with Crippen molar-refractivity contribution in [2.75, 3.05) is 23.3 Å². The van der Waals surface area contributed by atoms with E-state index >= 15 is 0 Å². The van der Waals surface area contributed by atoms with Crippen LogP contribution in [0.15, 0.2) is 48.8 Å². The predicted octanol–water partition coefficient (Wildman–Crippen LogP) is 4.91. The molecule has 2 aromatic heterocycles. The predicted molar refractivity (Wildman–Crippen MR) is 115 cm³/mol. The molecule has 1 aromatic carbocycles. The summed E-state index contributed by atoms with van der Waals surface area (Å²) in [6.07, 6.45) is 5.53. The van der Waals surface area contributed by atoms with E-state index in [0.29, 0.717) is 23.0 Å². The third kappa shape index (κ3) is 5.42. The Morgan fingerprint density at radius 3 is 2.48 bits per heavy atom. The molecule has 1 saturated heterocycles. The van der Waals surface area contributed by atoms with Gasteiger partial charge in [0.05, 0.1) is 6.20 Å². The van der Waals surface area contributed by atoms with Crippen LogP contribution in [0.25, 0.3) is 11.1 Å². The molecule has 1 N–H and O–H groups in total. The number of hydrogen-bond donors (Lipinski definition) is 1. The average Bonchev–Trinajstić information content (AvgIpc) is 2.74. The van der Waals surface area contributed by atoms with Crippen LogP contribution in [0.4, 0.5) is 26.4 Å². The van der Waals surface area contributed by atoms with Crippen LogP contribution in [0.1, 0.15) is 26.7 Å². The average molecular weight is 426 g/mol. The molecule has 3 aromatic rings. The molecule has 31 heavy (non-hydrogen) atoms. The Hall–Kier alpha value is -3.36. The van der Waals surface area contributed by atoms with Gasteiger partial charge in [0.15, 0.2) is 5.82 Å². The van der Waals surface area contributed by atoms with Gasteiger partial charge in [-0.25, -0.2) is 4.98 Å². The van der Waals surface area contributed by atoms with Gasteiger partial charge >= 0.3 is 6.61 Å². The molecule has 0 radical (unpaired) electrons. The monoisotopic (exact) mass is 426 g/mol. The molecule has 162 valence electrons. The summed E-state index contributed by atoms with van der Waals surface area (Å²) < 4.78 is 29.0. The molecule has 0 unspecified atom stereocenters.